The molecule has 0 aliphatic rings. The molecule has 1 amide bonds. The largest absolute Gasteiger partial charge is 0.357 e. The van der Waals surface area contributed by atoms with E-state index in [0.29, 0.717) is 5.69 Å². The molecule has 2 aromatic heterocycles. The van der Waals surface area contributed by atoms with E-state index >= 15 is 0 Å². The van der Waals surface area contributed by atoms with Gasteiger partial charge in [-0.2, -0.15) is 0 Å². The van der Waals surface area contributed by atoms with E-state index in [1.54, 1.807) is 24.5 Å². The molecule has 0 saturated carbocycles. The van der Waals surface area contributed by atoms with Gasteiger partial charge in [-0.3, -0.25) is 9.78 Å². The topological polar surface area (TPSA) is 57.8 Å². The Bertz CT molecular complexity index is 450. The molecule has 0 spiro atoms. The summed E-state index contributed by atoms with van der Waals surface area (Å²) in [5, 5.41) is 2.87. The zero-order valence-electron chi connectivity index (χ0n) is 8.97. The first-order chi connectivity index (χ1) is 7.77. The maximum absolute atomic E-state index is 11.7. The fourth-order valence-corrected chi connectivity index (χ4v) is 1.45. The Morgan fingerprint density at radius 3 is 2.88 bits per heavy atom. The second kappa shape index (κ2) is 4.61. The van der Waals surface area contributed by atoms with Crippen LogP contribution in [0.2, 0.25) is 0 Å². The minimum absolute atomic E-state index is 0.100. The Balaban J connectivity index is 2.03. The molecule has 2 rings (SSSR count). The smallest absolute Gasteiger partial charge is 0.268 e. The molecule has 0 unspecified atom stereocenters. The number of pyridine rings is 1. The Labute approximate surface area is 93.7 Å². The van der Waals surface area contributed by atoms with Crippen LogP contribution in [-0.2, 0) is 0 Å². The summed E-state index contributed by atoms with van der Waals surface area (Å²) in [6.45, 7) is 1.91. The lowest BCUT2D eigenvalue weighted by atomic mass is 10.2. The molecule has 0 fully saturated rings. The summed E-state index contributed by atoms with van der Waals surface area (Å²) in [4.78, 5) is 18.8. The van der Waals surface area contributed by atoms with Crippen molar-refractivity contribution in [3.63, 3.8) is 0 Å². The van der Waals surface area contributed by atoms with E-state index in [0.717, 1.165) is 5.69 Å². The molecule has 16 heavy (non-hydrogen) atoms. The van der Waals surface area contributed by atoms with Gasteiger partial charge in [-0.15, -0.1) is 0 Å². The number of hydrogen-bond donors (Lipinski definition) is 2. The van der Waals surface area contributed by atoms with E-state index in [9.17, 15) is 4.79 Å². The highest BCUT2D eigenvalue weighted by molar-refractivity contribution is 5.92. The van der Waals surface area contributed by atoms with Crippen molar-refractivity contribution < 1.29 is 4.79 Å². The highest BCUT2D eigenvalue weighted by atomic mass is 16.1. The molecule has 2 N–H and O–H groups in total. The predicted molar refractivity (Wildman–Crippen MR) is 60.9 cm³/mol. The lowest BCUT2D eigenvalue weighted by Gasteiger charge is -2.12. The van der Waals surface area contributed by atoms with Gasteiger partial charge in [0, 0.05) is 12.4 Å². The summed E-state index contributed by atoms with van der Waals surface area (Å²) >= 11 is 0. The van der Waals surface area contributed by atoms with Crippen LogP contribution >= 0.6 is 0 Å². The number of aromatic amines is 1. The van der Waals surface area contributed by atoms with Gasteiger partial charge in [0.05, 0.1) is 11.7 Å². The van der Waals surface area contributed by atoms with E-state index in [1.165, 1.54) is 0 Å². The van der Waals surface area contributed by atoms with Crippen LogP contribution in [0.1, 0.15) is 29.1 Å². The van der Waals surface area contributed by atoms with Gasteiger partial charge < -0.3 is 10.3 Å². The summed E-state index contributed by atoms with van der Waals surface area (Å²) in [5.74, 6) is -0.122. The summed E-state index contributed by atoms with van der Waals surface area (Å²) in [6, 6.07) is 9.07. The number of H-pyrrole nitrogens is 1. The monoisotopic (exact) mass is 215 g/mol. The van der Waals surface area contributed by atoms with Crippen molar-refractivity contribution in [3.8, 4) is 0 Å². The molecule has 2 aromatic rings. The number of nitrogens with one attached hydrogen (secondary N) is 2. The van der Waals surface area contributed by atoms with Crippen molar-refractivity contribution in [1.82, 2.24) is 15.3 Å². The predicted octanol–water partition coefficient (Wildman–Crippen LogP) is 1.90. The van der Waals surface area contributed by atoms with Crippen LogP contribution in [0.4, 0.5) is 0 Å². The van der Waals surface area contributed by atoms with E-state index in [-0.39, 0.29) is 11.9 Å². The summed E-state index contributed by atoms with van der Waals surface area (Å²) in [6.07, 6.45) is 3.44. The summed E-state index contributed by atoms with van der Waals surface area (Å²) in [7, 11) is 0. The van der Waals surface area contributed by atoms with Crippen molar-refractivity contribution in [2.75, 3.05) is 0 Å². The summed E-state index contributed by atoms with van der Waals surface area (Å²) in [5.41, 5.74) is 1.41. The second-order valence-corrected chi connectivity index (χ2v) is 3.53. The fraction of sp³-hybridized carbons (Fsp3) is 0.167. The van der Waals surface area contributed by atoms with Crippen LogP contribution in [0.5, 0.6) is 0 Å². The van der Waals surface area contributed by atoms with Gasteiger partial charge in [0.2, 0.25) is 0 Å². The maximum atomic E-state index is 11.7. The number of nitrogens with zero attached hydrogens (tertiary/aromatic N) is 1. The lowest BCUT2D eigenvalue weighted by molar-refractivity contribution is 0.0934. The molecule has 2 heterocycles. The van der Waals surface area contributed by atoms with Crippen LogP contribution in [0.25, 0.3) is 0 Å². The standard InChI is InChI=1S/C12H13N3O/c1-9(10-5-2-3-7-13-10)15-12(16)11-6-4-8-14-11/h2-9,14H,1H3,(H,15,16)/t9-/m1/s1. The minimum atomic E-state index is -0.122. The third-order valence-electron chi connectivity index (χ3n) is 2.32. The van der Waals surface area contributed by atoms with Gasteiger partial charge in [0.25, 0.3) is 5.91 Å². The third kappa shape index (κ3) is 2.28. The molecule has 0 aromatic carbocycles. The average Bonchev–Trinajstić information content (AvgIpc) is 2.83. The summed E-state index contributed by atoms with van der Waals surface area (Å²) < 4.78 is 0. The average molecular weight is 215 g/mol. The van der Waals surface area contributed by atoms with Gasteiger partial charge in [0.1, 0.15) is 5.69 Å². The third-order valence-corrected chi connectivity index (χ3v) is 2.32. The molecule has 0 aliphatic heterocycles. The molecule has 4 nitrogen and oxygen atoms in total. The molecule has 0 radical (unpaired) electrons. The number of aromatic nitrogens is 2. The Hall–Kier alpha value is -2.10. The molecule has 82 valence electrons. The maximum Gasteiger partial charge on any atom is 0.268 e. The SMILES string of the molecule is C[C@@H](NC(=O)c1ccc[nH]1)c1ccccn1. The van der Waals surface area contributed by atoms with E-state index in [4.69, 9.17) is 0 Å². The van der Waals surface area contributed by atoms with Crippen LogP contribution in [-0.4, -0.2) is 15.9 Å². The van der Waals surface area contributed by atoms with Crippen molar-refractivity contribution >= 4 is 5.91 Å². The first-order valence-electron chi connectivity index (χ1n) is 5.12. The lowest BCUT2D eigenvalue weighted by Crippen LogP contribution is -2.27. The first-order valence-corrected chi connectivity index (χ1v) is 5.12. The fourth-order valence-electron chi connectivity index (χ4n) is 1.45. The van der Waals surface area contributed by atoms with E-state index < -0.39 is 0 Å². The van der Waals surface area contributed by atoms with Gasteiger partial charge in [0.15, 0.2) is 0 Å². The normalized spacial score (nSPS) is 12.1. The van der Waals surface area contributed by atoms with Crippen molar-refractivity contribution in [2.24, 2.45) is 0 Å². The highest BCUT2D eigenvalue weighted by Crippen LogP contribution is 2.08. The Morgan fingerprint density at radius 1 is 1.38 bits per heavy atom. The highest BCUT2D eigenvalue weighted by Gasteiger charge is 2.11. The van der Waals surface area contributed by atoms with Gasteiger partial charge >= 0.3 is 0 Å². The van der Waals surface area contributed by atoms with Crippen molar-refractivity contribution in [2.45, 2.75) is 13.0 Å². The molecule has 0 saturated heterocycles. The van der Waals surface area contributed by atoms with Crippen LogP contribution in [0, 0.1) is 0 Å². The van der Waals surface area contributed by atoms with Crippen LogP contribution in [0.3, 0.4) is 0 Å². The van der Waals surface area contributed by atoms with Crippen LogP contribution < -0.4 is 5.32 Å². The van der Waals surface area contributed by atoms with Gasteiger partial charge in [-0.25, -0.2) is 0 Å². The number of hydrogen-bond acceptors (Lipinski definition) is 2. The molecule has 1 atom stereocenters. The molecular weight excluding hydrogens is 202 g/mol. The zero-order chi connectivity index (χ0) is 11.4. The van der Waals surface area contributed by atoms with Gasteiger partial charge in [-0.1, -0.05) is 6.07 Å². The van der Waals surface area contributed by atoms with Crippen molar-refractivity contribution in [1.29, 1.82) is 0 Å². The Kier molecular flexibility index (Phi) is 3.00. The number of amides is 1. The molecule has 0 aliphatic carbocycles. The van der Waals surface area contributed by atoms with E-state index in [2.05, 4.69) is 15.3 Å². The number of rotatable bonds is 3. The Morgan fingerprint density at radius 2 is 2.25 bits per heavy atom. The molecule has 4 heteroatoms. The van der Waals surface area contributed by atoms with Crippen LogP contribution in [0.15, 0.2) is 42.7 Å². The number of carbonyl (C=O) groups is 1. The second-order valence-electron chi connectivity index (χ2n) is 3.53. The minimum Gasteiger partial charge on any atom is -0.357 e. The quantitative estimate of drug-likeness (QED) is 0.821. The van der Waals surface area contributed by atoms with Crippen molar-refractivity contribution in [3.05, 3.63) is 54.1 Å². The molecule has 0 bridgehead atoms. The zero-order valence-corrected chi connectivity index (χ0v) is 8.97. The molecular formula is C12H13N3O. The number of carbonyl (C=O) groups excluding carboxylic acids is 1. The first kappa shape index (κ1) is 10.4. The van der Waals surface area contributed by atoms with E-state index in [1.807, 2.05) is 25.1 Å². The van der Waals surface area contributed by atoms with Gasteiger partial charge in [-0.05, 0) is 31.2 Å².